The van der Waals surface area contributed by atoms with E-state index in [4.69, 9.17) is 0 Å². The van der Waals surface area contributed by atoms with Gasteiger partial charge in [-0.2, -0.15) is 17.4 Å². The zero-order valence-electron chi connectivity index (χ0n) is 14.8. The minimum absolute atomic E-state index is 0.135. The van der Waals surface area contributed by atoms with Crippen LogP contribution in [0.15, 0.2) is 60.7 Å². The highest BCUT2D eigenvalue weighted by molar-refractivity contribution is 7.87. The zero-order chi connectivity index (χ0) is 18.4. The summed E-state index contributed by atoms with van der Waals surface area (Å²) in [6.07, 6.45) is 1.55. The molecule has 3 rings (SSSR count). The van der Waals surface area contributed by atoms with E-state index in [0.29, 0.717) is 38.9 Å². The molecule has 1 atom stereocenters. The van der Waals surface area contributed by atoms with Crippen LogP contribution < -0.4 is 4.72 Å². The first kappa shape index (κ1) is 19.0. The first-order chi connectivity index (χ1) is 12.5. The molecule has 2 aromatic carbocycles. The van der Waals surface area contributed by atoms with Crippen molar-refractivity contribution in [3.8, 4) is 0 Å². The summed E-state index contributed by atoms with van der Waals surface area (Å²) in [6.45, 7) is 1.18. The van der Waals surface area contributed by atoms with Crippen LogP contribution in [0.25, 0.3) is 0 Å². The van der Waals surface area contributed by atoms with Crippen LogP contribution in [0.2, 0.25) is 0 Å². The third-order valence-corrected chi connectivity index (χ3v) is 6.53. The van der Waals surface area contributed by atoms with Crippen molar-refractivity contribution >= 4 is 10.2 Å². The molecule has 5 nitrogen and oxygen atoms in total. The van der Waals surface area contributed by atoms with E-state index in [1.807, 2.05) is 60.7 Å². The second-order valence-corrected chi connectivity index (χ2v) is 8.56. The molecule has 1 aliphatic heterocycles. The summed E-state index contributed by atoms with van der Waals surface area (Å²) in [4.78, 5) is 0. The van der Waals surface area contributed by atoms with Crippen LogP contribution in [0.5, 0.6) is 0 Å². The molecular weight excluding hydrogens is 348 g/mol. The highest BCUT2D eigenvalue weighted by Crippen LogP contribution is 2.24. The number of aliphatic hydroxyl groups is 1. The highest BCUT2D eigenvalue weighted by Gasteiger charge is 2.30. The van der Waals surface area contributed by atoms with Crippen LogP contribution in [0.4, 0.5) is 0 Å². The SMILES string of the molecule is O=S(=O)(NCc1ccccc1)N1CCC([C@H](O)Cc2ccccc2)CC1. The van der Waals surface area contributed by atoms with Gasteiger partial charge in [0.1, 0.15) is 0 Å². The lowest BCUT2D eigenvalue weighted by Crippen LogP contribution is -2.46. The number of aliphatic hydroxyl groups excluding tert-OH is 1. The Hall–Kier alpha value is -1.73. The molecule has 0 unspecified atom stereocenters. The lowest BCUT2D eigenvalue weighted by atomic mass is 9.89. The Morgan fingerprint density at radius 3 is 2.08 bits per heavy atom. The van der Waals surface area contributed by atoms with E-state index in [0.717, 1.165) is 11.1 Å². The van der Waals surface area contributed by atoms with E-state index in [9.17, 15) is 13.5 Å². The molecule has 1 fully saturated rings. The molecule has 2 N–H and O–H groups in total. The molecule has 1 aliphatic rings. The Balaban J connectivity index is 1.49. The van der Waals surface area contributed by atoms with Crippen molar-refractivity contribution < 1.29 is 13.5 Å². The Bertz CT molecular complexity index is 773. The maximum absolute atomic E-state index is 12.5. The molecule has 0 aliphatic carbocycles. The van der Waals surface area contributed by atoms with Gasteiger partial charge in [-0.25, -0.2) is 0 Å². The number of hydrogen-bond donors (Lipinski definition) is 2. The summed E-state index contributed by atoms with van der Waals surface area (Å²) in [7, 11) is -3.49. The largest absolute Gasteiger partial charge is 0.392 e. The van der Waals surface area contributed by atoms with E-state index >= 15 is 0 Å². The molecule has 0 spiro atoms. The van der Waals surface area contributed by atoms with Crippen molar-refractivity contribution in [2.24, 2.45) is 5.92 Å². The van der Waals surface area contributed by atoms with Crippen LogP contribution in [0.3, 0.4) is 0 Å². The van der Waals surface area contributed by atoms with E-state index in [1.165, 1.54) is 4.31 Å². The van der Waals surface area contributed by atoms with Gasteiger partial charge in [0.2, 0.25) is 0 Å². The van der Waals surface area contributed by atoms with Gasteiger partial charge in [-0.05, 0) is 36.3 Å². The lowest BCUT2D eigenvalue weighted by molar-refractivity contribution is 0.0763. The Kier molecular flexibility index (Phi) is 6.43. The minimum Gasteiger partial charge on any atom is -0.392 e. The van der Waals surface area contributed by atoms with E-state index < -0.39 is 16.3 Å². The van der Waals surface area contributed by atoms with Gasteiger partial charge in [-0.1, -0.05) is 60.7 Å². The molecule has 0 radical (unpaired) electrons. The van der Waals surface area contributed by atoms with Gasteiger partial charge >= 0.3 is 0 Å². The normalized spacial score (nSPS) is 17.9. The standard InChI is InChI=1S/C20H26N2O3S/c23-20(15-17-7-3-1-4-8-17)19-11-13-22(14-12-19)26(24,25)21-16-18-9-5-2-6-10-18/h1-10,19-21,23H,11-16H2/t20-/m1/s1. The number of benzene rings is 2. The third kappa shape index (κ3) is 5.14. The van der Waals surface area contributed by atoms with E-state index in [2.05, 4.69) is 4.72 Å². The maximum Gasteiger partial charge on any atom is 0.279 e. The van der Waals surface area contributed by atoms with Gasteiger partial charge in [0, 0.05) is 19.6 Å². The van der Waals surface area contributed by atoms with Crippen molar-refractivity contribution in [2.45, 2.75) is 31.9 Å². The minimum atomic E-state index is -3.49. The summed E-state index contributed by atoms with van der Waals surface area (Å²) in [5.41, 5.74) is 2.05. The fourth-order valence-corrected chi connectivity index (χ4v) is 4.61. The fourth-order valence-electron chi connectivity index (χ4n) is 3.38. The first-order valence-corrected chi connectivity index (χ1v) is 10.5. The molecule has 0 bridgehead atoms. The summed E-state index contributed by atoms with van der Waals surface area (Å²) in [6, 6.07) is 19.4. The Labute approximate surface area is 155 Å². The van der Waals surface area contributed by atoms with Crippen LogP contribution in [0, 0.1) is 5.92 Å². The molecular formula is C20H26N2O3S. The van der Waals surface area contributed by atoms with Gasteiger partial charge in [0.15, 0.2) is 0 Å². The van der Waals surface area contributed by atoms with Crippen molar-refractivity contribution in [2.75, 3.05) is 13.1 Å². The van der Waals surface area contributed by atoms with Gasteiger partial charge in [-0.15, -0.1) is 0 Å². The third-order valence-electron chi connectivity index (χ3n) is 4.97. The monoisotopic (exact) mass is 374 g/mol. The van der Waals surface area contributed by atoms with Crippen molar-refractivity contribution in [3.05, 3.63) is 71.8 Å². The quantitative estimate of drug-likeness (QED) is 0.782. The predicted molar refractivity (Wildman–Crippen MR) is 103 cm³/mol. The maximum atomic E-state index is 12.5. The van der Waals surface area contributed by atoms with Crippen LogP contribution in [0.1, 0.15) is 24.0 Å². The average molecular weight is 375 g/mol. The van der Waals surface area contributed by atoms with Crippen LogP contribution >= 0.6 is 0 Å². The molecule has 2 aromatic rings. The molecule has 26 heavy (non-hydrogen) atoms. The Morgan fingerprint density at radius 2 is 1.50 bits per heavy atom. The first-order valence-electron chi connectivity index (χ1n) is 9.05. The molecule has 6 heteroatoms. The van der Waals surface area contributed by atoms with Crippen LogP contribution in [-0.2, 0) is 23.2 Å². The number of hydrogen-bond acceptors (Lipinski definition) is 3. The number of rotatable bonds is 7. The predicted octanol–water partition coefficient (Wildman–Crippen LogP) is 2.34. The van der Waals surface area contributed by atoms with Crippen molar-refractivity contribution in [1.82, 2.24) is 9.03 Å². The number of nitrogens with zero attached hydrogens (tertiary/aromatic N) is 1. The summed E-state index contributed by atoms with van der Waals surface area (Å²) < 4.78 is 29.1. The topological polar surface area (TPSA) is 69.6 Å². The van der Waals surface area contributed by atoms with E-state index in [-0.39, 0.29) is 5.92 Å². The molecule has 0 saturated carbocycles. The summed E-state index contributed by atoms with van der Waals surface area (Å²) >= 11 is 0. The molecule has 140 valence electrons. The fraction of sp³-hybridized carbons (Fsp3) is 0.400. The highest BCUT2D eigenvalue weighted by atomic mass is 32.2. The summed E-state index contributed by atoms with van der Waals surface area (Å²) in [5.74, 6) is 0.135. The van der Waals surface area contributed by atoms with Gasteiger partial charge in [-0.3, -0.25) is 0 Å². The smallest absolute Gasteiger partial charge is 0.279 e. The Morgan fingerprint density at radius 1 is 0.962 bits per heavy atom. The molecule has 1 saturated heterocycles. The number of nitrogens with one attached hydrogen (secondary N) is 1. The van der Waals surface area contributed by atoms with Crippen LogP contribution in [-0.4, -0.2) is 37.0 Å². The molecule has 0 aromatic heterocycles. The van der Waals surface area contributed by atoms with E-state index in [1.54, 1.807) is 0 Å². The molecule has 0 amide bonds. The average Bonchev–Trinajstić information content (AvgIpc) is 2.68. The van der Waals surface area contributed by atoms with Gasteiger partial charge in [0.25, 0.3) is 10.2 Å². The van der Waals surface area contributed by atoms with Crippen molar-refractivity contribution in [1.29, 1.82) is 0 Å². The van der Waals surface area contributed by atoms with Gasteiger partial charge < -0.3 is 5.11 Å². The van der Waals surface area contributed by atoms with Gasteiger partial charge in [0.05, 0.1) is 6.10 Å². The summed E-state index contributed by atoms with van der Waals surface area (Å²) in [5, 5.41) is 10.5. The van der Waals surface area contributed by atoms with Crippen molar-refractivity contribution in [3.63, 3.8) is 0 Å². The zero-order valence-corrected chi connectivity index (χ0v) is 15.6. The molecule has 1 heterocycles. The number of piperidine rings is 1. The second kappa shape index (κ2) is 8.77. The lowest BCUT2D eigenvalue weighted by Gasteiger charge is -2.33. The second-order valence-electron chi connectivity index (χ2n) is 6.81.